The highest BCUT2D eigenvalue weighted by Crippen LogP contribution is 2.36. The fraction of sp³-hybridized carbons (Fsp3) is 0.300. The maximum atomic E-state index is 11.3. The Morgan fingerprint density at radius 2 is 1.92 bits per heavy atom. The molecule has 1 aliphatic rings. The number of thioether (sulfide) groups is 1. The summed E-state index contributed by atoms with van der Waals surface area (Å²) in [5.74, 6) is 0.357. The van der Waals surface area contributed by atoms with Gasteiger partial charge in [0.05, 0.1) is 0 Å². The van der Waals surface area contributed by atoms with Crippen LogP contribution in [0.1, 0.15) is 12.8 Å². The van der Waals surface area contributed by atoms with Gasteiger partial charge in [-0.1, -0.05) is 30.0 Å². The molecular weight excluding hydrogens is 168 g/mol. The van der Waals surface area contributed by atoms with Crippen LogP contribution >= 0.6 is 11.8 Å². The third kappa shape index (κ3) is 1.89. The van der Waals surface area contributed by atoms with E-state index in [1.165, 1.54) is 11.8 Å². The van der Waals surface area contributed by atoms with Gasteiger partial charge < -0.3 is 0 Å². The van der Waals surface area contributed by atoms with E-state index < -0.39 is 0 Å². The molecule has 0 atom stereocenters. The van der Waals surface area contributed by atoms with Crippen molar-refractivity contribution in [2.45, 2.75) is 17.7 Å². The van der Waals surface area contributed by atoms with Crippen LogP contribution < -0.4 is 0 Å². The highest BCUT2D eigenvalue weighted by atomic mass is 32.2. The monoisotopic (exact) mass is 178 g/mol. The third-order valence-corrected chi connectivity index (χ3v) is 2.91. The molecule has 1 nitrogen and oxygen atoms in total. The van der Waals surface area contributed by atoms with Crippen molar-refractivity contribution in [1.29, 1.82) is 0 Å². The zero-order chi connectivity index (χ0) is 8.39. The number of hydrogen-bond donors (Lipinski definition) is 0. The molecule has 1 saturated carbocycles. The molecule has 0 aliphatic heterocycles. The number of carbonyl (C=O) groups excluding carboxylic acids is 1. The van der Waals surface area contributed by atoms with Crippen LogP contribution in [-0.2, 0) is 4.79 Å². The lowest BCUT2D eigenvalue weighted by Gasteiger charge is -1.96. The molecule has 0 N–H and O–H groups in total. The molecular formula is C10H10OS. The normalized spacial score (nSPS) is 16.0. The quantitative estimate of drug-likeness (QED) is 0.648. The first-order valence-electron chi connectivity index (χ1n) is 4.13. The van der Waals surface area contributed by atoms with E-state index in [-0.39, 0.29) is 0 Å². The van der Waals surface area contributed by atoms with Crippen LogP contribution in [0.3, 0.4) is 0 Å². The van der Waals surface area contributed by atoms with Crippen LogP contribution in [0.4, 0.5) is 0 Å². The van der Waals surface area contributed by atoms with E-state index in [4.69, 9.17) is 0 Å². The van der Waals surface area contributed by atoms with Crippen LogP contribution in [0.2, 0.25) is 0 Å². The zero-order valence-electron chi connectivity index (χ0n) is 6.69. The van der Waals surface area contributed by atoms with Gasteiger partial charge in [-0.15, -0.1) is 0 Å². The van der Waals surface area contributed by atoms with Crippen molar-refractivity contribution in [2.24, 2.45) is 5.92 Å². The molecule has 0 radical (unpaired) electrons. The molecule has 1 aromatic rings. The molecule has 0 saturated heterocycles. The fourth-order valence-corrected chi connectivity index (χ4v) is 1.93. The Kier molecular flexibility index (Phi) is 2.17. The molecule has 1 fully saturated rings. The largest absolute Gasteiger partial charge is 0.287 e. The number of carbonyl (C=O) groups is 1. The highest BCUT2D eigenvalue weighted by Gasteiger charge is 2.29. The van der Waals surface area contributed by atoms with Crippen molar-refractivity contribution in [3.63, 3.8) is 0 Å². The van der Waals surface area contributed by atoms with Gasteiger partial charge in [0.1, 0.15) is 0 Å². The van der Waals surface area contributed by atoms with Gasteiger partial charge in [0, 0.05) is 10.8 Å². The second kappa shape index (κ2) is 3.31. The number of rotatable bonds is 2. The van der Waals surface area contributed by atoms with Gasteiger partial charge >= 0.3 is 0 Å². The number of hydrogen-bond acceptors (Lipinski definition) is 2. The molecule has 12 heavy (non-hydrogen) atoms. The zero-order valence-corrected chi connectivity index (χ0v) is 7.51. The molecule has 0 spiro atoms. The predicted molar refractivity (Wildman–Crippen MR) is 50.0 cm³/mol. The molecule has 0 amide bonds. The lowest BCUT2D eigenvalue weighted by atomic mass is 10.4. The first kappa shape index (κ1) is 7.87. The molecule has 0 unspecified atom stereocenters. The maximum absolute atomic E-state index is 11.3. The molecule has 0 bridgehead atoms. The lowest BCUT2D eigenvalue weighted by molar-refractivity contribution is -0.112. The van der Waals surface area contributed by atoms with E-state index >= 15 is 0 Å². The Morgan fingerprint density at radius 1 is 1.25 bits per heavy atom. The van der Waals surface area contributed by atoms with E-state index in [2.05, 4.69) is 0 Å². The smallest absolute Gasteiger partial charge is 0.196 e. The summed E-state index contributed by atoms with van der Waals surface area (Å²) >= 11 is 1.38. The van der Waals surface area contributed by atoms with E-state index in [1.807, 2.05) is 30.3 Å². The van der Waals surface area contributed by atoms with Crippen molar-refractivity contribution in [3.05, 3.63) is 30.3 Å². The summed E-state index contributed by atoms with van der Waals surface area (Å²) in [5.41, 5.74) is 0. The lowest BCUT2D eigenvalue weighted by Crippen LogP contribution is -1.91. The Bertz CT molecular complexity index is 277. The van der Waals surface area contributed by atoms with E-state index in [1.54, 1.807) is 0 Å². The van der Waals surface area contributed by atoms with E-state index in [9.17, 15) is 4.79 Å². The Morgan fingerprint density at radius 3 is 2.50 bits per heavy atom. The minimum atomic E-state index is 0.334. The first-order chi connectivity index (χ1) is 5.86. The van der Waals surface area contributed by atoms with Gasteiger partial charge in [0.25, 0.3) is 0 Å². The first-order valence-corrected chi connectivity index (χ1v) is 4.94. The molecule has 1 aromatic carbocycles. The van der Waals surface area contributed by atoms with Crippen LogP contribution in [0.15, 0.2) is 35.2 Å². The second-order valence-electron chi connectivity index (χ2n) is 3.01. The Balaban J connectivity index is 1.98. The summed E-state index contributed by atoms with van der Waals surface area (Å²) in [5, 5.41) is 0.334. The third-order valence-electron chi connectivity index (χ3n) is 1.87. The SMILES string of the molecule is O=C(Sc1ccccc1)C1CC1. The van der Waals surface area contributed by atoms with Crippen molar-refractivity contribution in [2.75, 3.05) is 0 Å². The van der Waals surface area contributed by atoms with Crippen molar-refractivity contribution in [3.8, 4) is 0 Å². The van der Waals surface area contributed by atoms with Gasteiger partial charge in [-0.2, -0.15) is 0 Å². The highest BCUT2D eigenvalue weighted by molar-refractivity contribution is 8.13. The van der Waals surface area contributed by atoms with Crippen molar-refractivity contribution < 1.29 is 4.79 Å². The second-order valence-corrected chi connectivity index (χ2v) is 4.09. The standard InChI is InChI=1S/C10H10OS/c11-10(8-6-7-8)12-9-4-2-1-3-5-9/h1-5,8H,6-7H2. The molecule has 1 aliphatic carbocycles. The Hall–Kier alpha value is -0.760. The average molecular weight is 178 g/mol. The van der Waals surface area contributed by atoms with Gasteiger partial charge in [-0.25, -0.2) is 0 Å². The van der Waals surface area contributed by atoms with Crippen LogP contribution in [0.25, 0.3) is 0 Å². The summed E-state index contributed by atoms with van der Waals surface area (Å²) in [7, 11) is 0. The maximum Gasteiger partial charge on any atom is 0.196 e. The van der Waals surface area contributed by atoms with Crippen LogP contribution in [0, 0.1) is 5.92 Å². The van der Waals surface area contributed by atoms with Gasteiger partial charge in [0.15, 0.2) is 5.12 Å². The molecule has 0 aromatic heterocycles. The predicted octanol–water partition coefficient (Wildman–Crippen LogP) is 2.72. The van der Waals surface area contributed by atoms with Gasteiger partial charge in [-0.05, 0) is 25.0 Å². The summed E-state index contributed by atoms with van der Waals surface area (Å²) < 4.78 is 0. The minimum Gasteiger partial charge on any atom is -0.287 e. The van der Waals surface area contributed by atoms with E-state index in [0.717, 1.165) is 17.7 Å². The van der Waals surface area contributed by atoms with Gasteiger partial charge in [0.2, 0.25) is 0 Å². The van der Waals surface area contributed by atoms with Crippen LogP contribution in [-0.4, -0.2) is 5.12 Å². The Labute approximate surface area is 76.2 Å². The van der Waals surface area contributed by atoms with Gasteiger partial charge in [-0.3, -0.25) is 4.79 Å². The summed E-state index contributed by atoms with van der Waals surface area (Å²) in [4.78, 5) is 12.4. The molecule has 2 heteroatoms. The molecule has 62 valence electrons. The van der Waals surface area contributed by atoms with Crippen LogP contribution in [0.5, 0.6) is 0 Å². The van der Waals surface area contributed by atoms with E-state index in [0.29, 0.717) is 11.0 Å². The number of benzene rings is 1. The molecule has 0 heterocycles. The minimum absolute atomic E-state index is 0.334. The fourth-order valence-electron chi connectivity index (χ4n) is 1.01. The van der Waals surface area contributed by atoms with Crippen molar-refractivity contribution in [1.82, 2.24) is 0 Å². The summed E-state index contributed by atoms with van der Waals surface area (Å²) in [6.07, 6.45) is 2.19. The van der Waals surface area contributed by atoms with Crippen molar-refractivity contribution >= 4 is 16.9 Å². The molecule has 2 rings (SSSR count). The average Bonchev–Trinajstić information content (AvgIpc) is 2.88. The topological polar surface area (TPSA) is 17.1 Å². The summed E-state index contributed by atoms with van der Waals surface area (Å²) in [6, 6.07) is 9.84. The summed E-state index contributed by atoms with van der Waals surface area (Å²) in [6.45, 7) is 0.